The highest BCUT2D eigenvalue weighted by Crippen LogP contribution is 2.42. The highest BCUT2D eigenvalue weighted by atomic mass is 16.5. The molecule has 2 aromatic carbocycles. The lowest BCUT2D eigenvalue weighted by Gasteiger charge is -2.14. The lowest BCUT2D eigenvalue weighted by molar-refractivity contribution is 0.272. The Balaban J connectivity index is 1.42. The fourth-order valence-corrected chi connectivity index (χ4v) is 3.31. The summed E-state index contributed by atoms with van der Waals surface area (Å²) in [6.45, 7) is 0.909. The highest BCUT2D eigenvalue weighted by Gasteiger charge is 2.20. The van der Waals surface area contributed by atoms with E-state index < -0.39 is 0 Å². The maximum Gasteiger partial charge on any atom is 0.250 e. The summed E-state index contributed by atoms with van der Waals surface area (Å²) in [5, 5.41) is 20.0. The second-order valence-corrected chi connectivity index (χ2v) is 7.11. The molecule has 4 aromatic rings. The van der Waals surface area contributed by atoms with E-state index in [2.05, 4.69) is 36.7 Å². The second-order valence-electron chi connectivity index (χ2n) is 7.11. The van der Waals surface area contributed by atoms with Crippen molar-refractivity contribution in [3.8, 4) is 29.2 Å². The number of anilines is 2. The van der Waals surface area contributed by atoms with Crippen LogP contribution in [0, 0.1) is 11.3 Å². The first-order valence-corrected chi connectivity index (χ1v) is 10.3. The first-order chi connectivity index (χ1) is 16.7. The number of hydrogen-bond donors (Lipinski definition) is 1. The van der Waals surface area contributed by atoms with Crippen LogP contribution in [0.3, 0.4) is 0 Å². The van der Waals surface area contributed by atoms with Gasteiger partial charge in [0.1, 0.15) is 18.7 Å². The van der Waals surface area contributed by atoms with Gasteiger partial charge in [0, 0.05) is 29.7 Å². The van der Waals surface area contributed by atoms with Crippen molar-refractivity contribution in [1.29, 1.82) is 5.26 Å². The number of nitrogens with one attached hydrogen (secondary N) is 1. The third kappa shape index (κ3) is 4.33. The number of benzene rings is 2. The molecule has 0 radical (unpaired) electrons. The standard InChI is InChI=1S/C23H18N8O3/c1-32-19-11-18-16(10-20(19)33-8-7-31-6-5-28-30-31)13-25-21-22(26-14-27-23(21)34-18)29-17-4-2-3-15(9-17)12-24/h2-6,9-11,13-14H,7-8H2,1H3,(H,26,27,29). The Bertz CT molecular complexity index is 1400. The van der Waals surface area contributed by atoms with Crippen molar-refractivity contribution in [1.82, 2.24) is 25.0 Å². The molecule has 0 saturated carbocycles. The molecule has 0 bridgehead atoms. The Labute approximate surface area is 194 Å². The van der Waals surface area contributed by atoms with Crippen molar-refractivity contribution >= 4 is 23.4 Å². The predicted octanol–water partition coefficient (Wildman–Crippen LogP) is 3.63. The fraction of sp³-hybridized carbons (Fsp3) is 0.130. The van der Waals surface area contributed by atoms with Crippen molar-refractivity contribution in [2.45, 2.75) is 6.54 Å². The number of aliphatic imine (C=N–C) groups is 1. The minimum absolute atomic E-state index is 0.283. The van der Waals surface area contributed by atoms with Gasteiger partial charge in [0.2, 0.25) is 0 Å². The maximum atomic E-state index is 9.15. The Morgan fingerprint density at radius 1 is 1.18 bits per heavy atom. The van der Waals surface area contributed by atoms with Crippen LogP contribution in [0.1, 0.15) is 11.1 Å². The molecule has 0 atom stereocenters. The first kappa shape index (κ1) is 20.9. The van der Waals surface area contributed by atoms with Crippen LogP contribution in [0.4, 0.5) is 17.2 Å². The van der Waals surface area contributed by atoms with Gasteiger partial charge < -0.3 is 19.5 Å². The summed E-state index contributed by atoms with van der Waals surface area (Å²) in [7, 11) is 1.56. The van der Waals surface area contributed by atoms with Crippen LogP contribution in [0.5, 0.6) is 23.1 Å². The lowest BCUT2D eigenvalue weighted by Crippen LogP contribution is -2.09. The smallest absolute Gasteiger partial charge is 0.250 e. The number of rotatable bonds is 7. The van der Waals surface area contributed by atoms with E-state index in [1.165, 1.54) is 6.33 Å². The molecule has 3 heterocycles. The SMILES string of the molecule is COc1cc2c(cc1OCCn1ccnn1)C=Nc1c(Nc3cccc(C#N)c3)ncnc1O2. The molecule has 0 saturated heterocycles. The molecule has 5 rings (SSSR count). The predicted molar refractivity (Wildman–Crippen MR) is 122 cm³/mol. The third-order valence-corrected chi connectivity index (χ3v) is 4.93. The average Bonchev–Trinajstić information content (AvgIpc) is 3.31. The van der Waals surface area contributed by atoms with Gasteiger partial charge in [0.15, 0.2) is 23.0 Å². The Morgan fingerprint density at radius 3 is 2.94 bits per heavy atom. The van der Waals surface area contributed by atoms with Crippen LogP contribution in [-0.2, 0) is 6.54 Å². The quantitative estimate of drug-likeness (QED) is 0.391. The highest BCUT2D eigenvalue weighted by molar-refractivity contribution is 5.90. The molecule has 1 aliphatic heterocycles. The maximum absolute atomic E-state index is 9.15. The third-order valence-electron chi connectivity index (χ3n) is 4.93. The summed E-state index contributed by atoms with van der Waals surface area (Å²) in [6, 6.07) is 12.7. The van der Waals surface area contributed by atoms with Crippen LogP contribution in [0.2, 0.25) is 0 Å². The molecule has 0 fully saturated rings. The van der Waals surface area contributed by atoms with Crippen molar-refractivity contribution in [2.24, 2.45) is 4.99 Å². The molecule has 1 N–H and O–H groups in total. The van der Waals surface area contributed by atoms with Crippen LogP contribution in [-0.4, -0.2) is 44.9 Å². The van der Waals surface area contributed by atoms with E-state index in [0.29, 0.717) is 58.7 Å². The van der Waals surface area contributed by atoms with E-state index in [-0.39, 0.29) is 5.88 Å². The van der Waals surface area contributed by atoms with Crippen molar-refractivity contribution in [2.75, 3.05) is 19.0 Å². The molecule has 2 aromatic heterocycles. The van der Waals surface area contributed by atoms with E-state index in [1.54, 1.807) is 60.7 Å². The summed E-state index contributed by atoms with van der Waals surface area (Å²) in [5.74, 6) is 2.29. The fourth-order valence-electron chi connectivity index (χ4n) is 3.31. The zero-order valence-electron chi connectivity index (χ0n) is 18.0. The van der Waals surface area contributed by atoms with Gasteiger partial charge in [-0.05, 0) is 24.3 Å². The summed E-state index contributed by atoms with van der Waals surface area (Å²) >= 11 is 0. The zero-order chi connectivity index (χ0) is 23.3. The van der Waals surface area contributed by atoms with Crippen LogP contribution < -0.4 is 19.5 Å². The molecule has 0 spiro atoms. The van der Waals surface area contributed by atoms with E-state index in [4.69, 9.17) is 19.5 Å². The largest absolute Gasteiger partial charge is 0.493 e. The molecule has 0 unspecified atom stereocenters. The normalized spacial score (nSPS) is 11.4. The summed E-state index contributed by atoms with van der Waals surface area (Å²) in [5.41, 5.74) is 2.34. The average molecular weight is 454 g/mol. The van der Waals surface area contributed by atoms with Gasteiger partial charge in [-0.15, -0.1) is 5.10 Å². The second kappa shape index (κ2) is 9.25. The van der Waals surface area contributed by atoms with Crippen molar-refractivity contribution in [3.63, 3.8) is 0 Å². The van der Waals surface area contributed by atoms with E-state index in [1.807, 2.05) is 6.07 Å². The number of ether oxygens (including phenoxy) is 3. The van der Waals surface area contributed by atoms with E-state index in [0.717, 1.165) is 0 Å². The molecular formula is C23H18N8O3. The molecule has 34 heavy (non-hydrogen) atoms. The number of nitriles is 1. The number of fused-ring (bicyclic) bond motifs is 2. The van der Waals surface area contributed by atoms with Gasteiger partial charge in [-0.1, -0.05) is 11.3 Å². The van der Waals surface area contributed by atoms with Crippen LogP contribution in [0.15, 0.2) is 60.1 Å². The minimum atomic E-state index is 0.283. The van der Waals surface area contributed by atoms with Crippen LogP contribution >= 0.6 is 0 Å². The van der Waals surface area contributed by atoms with Gasteiger partial charge in [0.25, 0.3) is 5.88 Å². The molecule has 11 nitrogen and oxygen atoms in total. The molecule has 0 amide bonds. The monoisotopic (exact) mass is 454 g/mol. The van der Waals surface area contributed by atoms with E-state index in [9.17, 15) is 0 Å². The summed E-state index contributed by atoms with van der Waals surface area (Å²) in [4.78, 5) is 13.1. The topological polar surface area (TPSA) is 132 Å². The number of aromatic nitrogens is 5. The van der Waals surface area contributed by atoms with Crippen molar-refractivity contribution in [3.05, 3.63) is 66.2 Å². The first-order valence-electron chi connectivity index (χ1n) is 10.3. The Hall–Kier alpha value is -4.98. The minimum Gasteiger partial charge on any atom is -0.493 e. The van der Waals surface area contributed by atoms with Gasteiger partial charge in [-0.2, -0.15) is 10.2 Å². The molecular weight excluding hydrogens is 436 g/mol. The van der Waals surface area contributed by atoms with Gasteiger partial charge in [-0.3, -0.25) is 0 Å². The number of nitrogens with zero attached hydrogens (tertiary/aromatic N) is 7. The Morgan fingerprint density at radius 2 is 2.12 bits per heavy atom. The molecule has 1 aliphatic rings. The zero-order valence-corrected chi connectivity index (χ0v) is 18.0. The van der Waals surface area contributed by atoms with Crippen molar-refractivity contribution < 1.29 is 14.2 Å². The van der Waals surface area contributed by atoms with Gasteiger partial charge >= 0.3 is 0 Å². The molecule has 168 valence electrons. The summed E-state index contributed by atoms with van der Waals surface area (Å²) in [6.07, 6.45) is 6.42. The van der Waals surface area contributed by atoms with Crippen LogP contribution in [0.25, 0.3) is 0 Å². The van der Waals surface area contributed by atoms with E-state index >= 15 is 0 Å². The lowest BCUT2D eigenvalue weighted by atomic mass is 10.2. The Kier molecular flexibility index (Phi) is 5.69. The number of hydrogen-bond acceptors (Lipinski definition) is 10. The van der Waals surface area contributed by atoms with Gasteiger partial charge in [-0.25, -0.2) is 14.7 Å². The van der Waals surface area contributed by atoms with Gasteiger partial charge in [0.05, 0.1) is 31.5 Å². The molecule has 11 heteroatoms. The summed E-state index contributed by atoms with van der Waals surface area (Å²) < 4.78 is 19.1. The number of methoxy groups -OCH3 is 1. The molecule has 0 aliphatic carbocycles.